The lowest BCUT2D eigenvalue weighted by Gasteiger charge is -2.41. The molecule has 1 spiro atoms. The van der Waals surface area contributed by atoms with Crippen LogP contribution in [-0.4, -0.2) is 56.4 Å². The number of nitrogens with zero attached hydrogens (tertiary/aromatic N) is 6. The predicted molar refractivity (Wildman–Crippen MR) is 121 cm³/mol. The molecular weight excluding hydrogens is 436 g/mol. The second kappa shape index (κ2) is 7.77. The number of nitrogen functional groups attached to an aromatic ring is 1. The summed E-state index contributed by atoms with van der Waals surface area (Å²) in [5.74, 6) is 1.15. The van der Waals surface area contributed by atoms with E-state index in [2.05, 4.69) is 27.0 Å². The highest BCUT2D eigenvalue weighted by Crippen LogP contribution is 2.43. The summed E-state index contributed by atoms with van der Waals surface area (Å²) >= 11 is 7.83. The number of halogens is 1. The molecule has 0 bridgehead atoms. The van der Waals surface area contributed by atoms with Crippen LogP contribution in [0.3, 0.4) is 0 Å². The lowest BCUT2D eigenvalue weighted by atomic mass is 9.73. The fourth-order valence-electron chi connectivity index (χ4n) is 4.56. The quantitative estimate of drug-likeness (QED) is 0.607. The van der Waals surface area contributed by atoms with Gasteiger partial charge in [0.2, 0.25) is 5.65 Å². The molecule has 5 rings (SSSR count). The SMILES string of the molecule is Cc1nc(N2CCC3(CC2)COC(C)C3N)c2nncn2c1Sc1ccnc(N)c1Cl. The van der Waals surface area contributed by atoms with E-state index in [9.17, 15) is 0 Å². The van der Waals surface area contributed by atoms with Crippen LogP contribution < -0.4 is 16.4 Å². The normalized spacial score (nSPS) is 23.2. The molecule has 2 atom stereocenters. The van der Waals surface area contributed by atoms with Crippen molar-refractivity contribution < 1.29 is 4.74 Å². The van der Waals surface area contributed by atoms with E-state index in [4.69, 9.17) is 32.8 Å². The van der Waals surface area contributed by atoms with Crippen LogP contribution in [0.4, 0.5) is 11.6 Å². The van der Waals surface area contributed by atoms with Gasteiger partial charge in [-0.2, -0.15) is 0 Å². The Hall–Kier alpha value is -2.14. The molecule has 0 amide bonds. The summed E-state index contributed by atoms with van der Waals surface area (Å²) in [6.45, 7) is 6.50. The summed E-state index contributed by atoms with van der Waals surface area (Å²) in [7, 11) is 0. The number of hydrogen-bond donors (Lipinski definition) is 2. The Kier molecular flexibility index (Phi) is 5.20. The number of anilines is 2. The van der Waals surface area contributed by atoms with Gasteiger partial charge in [-0.25, -0.2) is 9.97 Å². The zero-order chi connectivity index (χ0) is 21.8. The Morgan fingerprint density at radius 3 is 2.81 bits per heavy atom. The first-order valence-corrected chi connectivity index (χ1v) is 11.5. The van der Waals surface area contributed by atoms with Crippen molar-refractivity contribution in [2.45, 2.75) is 48.8 Å². The summed E-state index contributed by atoms with van der Waals surface area (Å²) in [6.07, 6.45) is 5.42. The number of pyridine rings is 1. The molecule has 9 nitrogen and oxygen atoms in total. The molecule has 0 aliphatic carbocycles. The molecule has 11 heteroatoms. The number of aryl methyl sites for hydroxylation is 1. The Balaban J connectivity index is 1.45. The van der Waals surface area contributed by atoms with Gasteiger partial charge in [-0.05, 0) is 32.8 Å². The van der Waals surface area contributed by atoms with Gasteiger partial charge in [0.05, 0.1) is 23.4 Å². The fourth-order valence-corrected chi connectivity index (χ4v) is 5.75. The molecule has 2 fully saturated rings. The van der Waals surface area contributed by atoms with Gasteiger partial charge in [-0.1, -0.05) is 23.4 Å². The standard InChI is InChI=1S/C20H25ClN8OS/c1-11-19(31-13-3-6-24-16(23)14(13)21)29-10-25-27-18(29)17(26-11)28-7-4-20(5-8-28)9-30-12(2)15(20)22/h3,6,10,12,15H,4-5,7-9,22H2,1-2H3,(H2,23,24). The molecule has 2 unspecified atom stereocenters. The Morgan fingerprint density at radius 1 is 1.32 bits per heavy atom. The second-order valence-corrected chi connectivity index (χ2v) is 9.76. The fraction of sp³-hybridized carbons (Fsp3) is 0.500. The lowest BCUT2D eigenvalue weighted by Crippen LogP contribution is -2.50. The molecule has 0 saturated carbocycles. The van der Waals surface area contributed by atoms with Crippen molar-refractivity contribution in [1.82, 2.24) is 24.6 Å². The van der Waals surface area contributed by atoms with E-state index in [1.807, 2.05) is 17.4 Å². The smallest absolute Gasteiger partial charge is 0.204 e. The summed E-state index contributed by atoms with van der Waals surface area (Å²) in [4.78, 5) is 12.0. The zero-order valence-electron chi connectivity index (χ0n) is 17.5. The van der Waals surface area contributed by atoms with E-state index >= 15 is 0 Å². The van der Waals surface area contributed by atoms with Crippen molar-refractivity contribution in [2.24, 2.45) is 11.1 Å². The largest absolute Gasteiger partial charge is 0.382 e. The molecule has 2 aliphatic rings. The topological polar surface area (TPSA) is 120 Å². The Bertz CT molecular complexity index is 1130. The number of piperidine rings is 1. The van der Waals surface area contributed by atoms with Crippen LogP contribution in [0.1, 0.15) is 25.5 Å². The van der Waals surface area contributed by atoms with Crippen molar-refractivity contribution in [3.05, 3.63) is 29.3 Å². The van der Waals surface area contributed by atoms with Crippen molar-refractivity contribution in [3.8, 4) is 0 Å². The Labute approximate surface area is 189 Å². The van der Waals surface area contributed by atoms with E-state index in [1.165, 1.54) is 11.8 Å². The van der Waals surface area contributed by atoms with Crippen LogP contribution in [-0.2, 0) is 4.74 Å². The second-order valence-electron chi connectivity index (χ2n) is 8.35. The average Bonchev–Trinajstić information content (AvgIpc) is 3.35. The van der Waals surface area contributed by atoms with Crippen molar-refractivity contribution in [3.63, 3.8) is 0 Å². The molecular formula is C20H25ClN8OS. The van der Waals surface area contributed by atoms with Gasteiger partial charge in [0.1, 0.15) is 17.2 Å². The van der Waals surface area contributed by atoms with Gasteiger partial charge in [-0.15, -0.1) is 10.2 Å². The first kappa shape index (κ1) is 20.7. The van der Waals surface area contributed by atoms with E-state index in [0.29, 0.717) is 10.8 Å². The van der Waals surface area contributed by atoms with Crippen LogP contribution in [0.2, 0.25) is 5.02 Å². The van der Waals surface area contributed by atoms with Gasteiger partial charge in [0.25, 0.3) is 0 Å². The van der Waals surface area contributed by atoms with Crippen molar-refractivity contribution >= 4 is 40.6 Å². The van der Waals surface area contributed by atoms with Crippen molar-refractivity contribution in [1.29, 1.82) is 0 Å². The van der Waals surface area contributed by atoms with E-state index in [0.717, 1.165) is 59.6 Å². The molecule has 3 aromatic rings. The molecule has 0 radical (unpaired) electrons. The monoisotopic (exact) mass is 460 g/mol. The average molecular weight is 461 g/mol. The summed E-state index contributed by atoms with van der Waals surface area (Å²) in [6, 6.07) is 1.92. The van der Waals surface area contributed by atoms with E-state index < -0.39 is 0 Å². The highest BCUT2D eigenvalue weighted by atomic mass is 35.5. The highest BCUT2D eigenvalue weighted by molar-refractivity contribution is 7.99. The van der Waals surface area contributed by atoms with Crippen LogP contribution in [0, 0.1) is 12.3 Å². The molecule has 2 aliphatic heterocycles. The third kappa shape index (κ3) is 3.42. The third-order valence-electron chi connectivity index (χ3n) is 6.54. The molecule has 2 saturated heterocycles. The van der Waals surface area contributed by atoms with Crippen LogP contribution in [0.15, 0.2) is 28.5 Å². The zero-order valence-corrected chi connectivity index (χ0v) is 19.0. The van der Waals surface area contributed by atoms with Gasteiger partial charge in [0, 0.05) is 35.6 Å². The third-order valence-corrected chi connectivity index (χ3v) is 8.30. The first-order chi connectivity index (χ1) is 14.9. The molecule has 4 N–H and O–H groups in total. The number of fused-ring (bicyclic) bond motifs is 1. The minimum atomic E-state index is 0.0583. The molecule has 0 aromatic carbocycles. The first-order valence-electron chi connectivity index (χ1n) is 10.3. The Morgan fingerprint density at radius 2 is 2.10 bits per heavy atom. The maximum absolute atomic E-state index is 6.47. The minimum Gasteiger partial charge on any atom is -0.382 e. The van der Waals surface area contributed by atoms with Gasteiger partial charge in [0.15, 0.2) is 5.82 Å². The predicted octanol–water partition coefficient (Wildman–Crippen LogP) is 2.55. The maximum Gasteiger partial charge on any atom is 0.204 e. The minimum absolute atomic E-state index is 0.0583. The van der Waals surface area contributed by atoms with Gasteiger partial charge < -0.3 is 21.1 Å². The molecule has 3 aromatic heterocycles. The van der Waals surface area contributed by atoms with Crippen LogP contribution in [0.25, 0.3) is 5.65 Å². The molecule has 31 heavy (non-hydrogen) atoms. The highest BCUT2D eigenvalue weighted by Gasteiger charge is 2.47. The number of ether oxygens (including phenoxy) is 1. The summed E-state index contributed by atoms with van der Waals surface area (Å²) in [5.41, 5.74) is 14.0. The summed E-state index contributed by atoms with van der Waals surface area (Å²) in [5, 5.41) is 9.85. The number of nitrogens with two attached hydrogens (primary N) is 2. The number of aromatic nitrogens is 5. The van der Waals surface area contributed by atoms with Gasteiger partial charge >= 0.3 is 0 Å². The van der Waals surface area contributed by atoms with E-state index in [1.54, 1.807) is 12.5 Å². The lowest BCUT2D eigenvalue weighted by molar-refractivity contribution is 0.0974. The van der Waals surface area contributed by atoms with E-state index in [-0.39, 0.29) is 17.6 Å². The summed E-state index contributed by atoms with van der Waals surface area (Å²) < 4.78 is 7.82. The molecule has 5 heterocycles. The van der Waals surface area contributed by atoms with Crippen LogP contribution >= 0.6 is 23.4 Å². The van der Waals surface area contributed by atoms with Crippen LogP contribution in [0.5, 0.6) is 0 Å². The number of rotatable bonds is 3. The van der Waals surface area contributed by atoms with Gasteiger partial charge in [-0.3, -0.25) is 4.40 Å². The number of hydrogen-bond acceptors (Lipinski definition) is 9. The molecule has 164 valence electrons. The maximum atomic E-state index is 6.47. The van der Waals surface area contributed by atoms with Crippen molar-refractivity contribution in [2.75, 3.05) is 30.3 Å².